The Kier molecular flexibility index (Phi) is 11.0. The first-order valence-corrected chi connectivity index (χ1v) is 9.28. The van der Waals surface area contributed by atoms with E-state index in [2.05, 4.69) is 0 Å². The average Bonchev–Trinajstić information content (AvgIpc) is 3.23. The van der Waals surface area contributed by atoms with Gasteiger partial charge in [0.05, 0.1) is 0 Å². The SMILES string of the molecule is CC(=O)CCCCCCCCCCCCCCC1CC1. The van der Waals surface area contributed by atoms with E-state index in [0.29, 0.717) is 5.78 Å². The van der Waals surface area contributed by atoms with Crippen molar-refractivity contribution in [3.8, 4) is 0 Å². The third kappa shape index (κ3) is 12.7. The molecule has 0 amide bonds. The maximum absolute atomic E-state index is 10.8. The van der Waals surface area contributed by atoms with Crippen molar-refractivity contribution in [2.24, 2.45) is 5.92 Å². The molecule has 118 valence electrons. The number of Topliss-reactive ketones (excluding diaryl/α,β-unsaturated/α-hetero) is 1. The van der Waals surface area contributed by atoms with Crippen LogP contribution in [0.1, 0.15) is 110 Å². The lowest BCUT2D eigenvalue weighted by Gasteiger charge is -2.03. The maximum atomic E-state index is 10.8. The zero-order valence-corrected chi connectivity index (χ0v) is 13.8. The fourth-order valence-electron chi connectivity index (χ4n) is 2.98. The summed E-state index contributed by atoms with van der Waals surface area (Å²) in [5, 5.41) is 0. The Labute approximate surface area is 126 Å². The van der Waals surface area contributed by atoms with Crippen LogP contribution in [-0.4, -0.2) is 5.78 Å². The van der Waals surface area contributed by atoms with Gasteiger partial charge < -0.3 is 4.79 Å². The third-order valence-electron chi connectivity index (χ3n) is 4.59. The van der Waals surface area contributed by atoms with Gasteiger partial charge in [0, 0.05) is 6.42 Å². The molecule has 1 nitrogen and oxygen atoms in total. The Bertz CT molecular complexity index is 230. The zero-order valence-electron chi connectivity index (χ0n) is 13.8. The van der Waals surface area contributed by atoms with Crippen molar-refractivity contribution >= 4 is 5.78 Å². The molecule has 0 aromatic rings. The van der Waals surface area contributed by atoms with E-state index in [0.717, 1.165) is 18.8 Å². The molecule has 0 aliphatic heterocycles. The predicted octanol–water partition coefficient (Wildman–Crippen LogP) is 6.45. The molecule has 0 saturated heterocycles. The minimum Gasteiger partial charge on any atom is -0.300 e. The lowest BCUT2D eigenvalue weighted by molar-refractivity contribution is -0.117. The molecule has 1 saturated carbocycles. The highest BCUT2D eigenvalue weighted by atomic mass is 16.1. The molecule has 0 aromatic heterocycles. The summed E-state index contributed by atoms with van der Waals surface area (Å²) in [6.07, 6.45) is 22.0. The van der Waals surface area contributed by atoms with Crippen LogP contribution in [-0.2, 0) is 4.79 Å². The number of carbonyl (C=O) groups excluding carboxylic acids is 1. The van der Waals surface area contributed by atoms with E-state index in [4.69, 9.17) is 0 Å². The van der Waals surface area contributed by atoms with Gasteiger partial charge in [-0.2, -0.15) is 0 Å². The van der Waals surface area contributed by atoms with Gasteiger partial charge in [-0.15, -0.1) is 0 Å². The van der Waals surface area contributed by atoms with E-state index in [9.17, 15) is 4.79 Å². The van der Waals surface area contributed by atoms with Crippen LogP contribution in [0.5, 0.6) is 0 Å². The lowest BCUT2D eigenvalue weighted by Crippen LogP contribution is -1.89. The van der Waals surface area contributed by atoms with Crippen LogP contribution >= 0.6 is 0 Å². The van der Waals surface area contributed by atoms with Crippen molar-refractivity contribution in [3.63, 3.8) is 0 Å². The summed E-state index contributed by atoms with van der Waals surface area (Å²) < 4.78 is 0. The van der Waals surface area contributed by atoms with Crippen LogP contribution in [0.2, 0.25) is 0 Å². The van der Waals surface area contributed by atoms with Crippen molar-refractivity contribution in [1.29, 1.82) is 0 Å². The standard InChI is InChI=1S/C19H36O/c1-18(20)14-12-10-8-6-4-2-3-5-7-9-11-13-15-19-16-17-19/h19H,2-17H2,1H3. The lowest BCUT2D eigenvalue weighted by atomic mass is 10.0. The van der Waals surface area contributed by atoms with Gasteiger partial charge in [-0.3, -0.25) is 0 Å². The molecule has 0 unspecified atom stereocenters. The van der Waals surface area contributed by atoms with E-state index in [-0.39, 0.29) is 0 Å². The Morgan fingerprint density at radius 2 is 1.10 bits per heavy atom. The van der Waals surface area contributed by atoms with Crippen molar-refractivity contribution in [1.82, 2.24) is 0 Å². The van der Waals surface area contributed by atoms with E-state index in [1.165, 1.54) is 89.9 Å². The summed E-state index contributed by atoms with van der Waals surface area (Å²) >= 11 is 0. The van der Waals surface area contributed by atoms with Crippen molar-refractivity contribution in [2.45, 2.75) is 110 Å². The number of ketones is 1. The molecule has 20 heavy (non-hydrogen) atoms. The normalized spacial score (nSPS) is 14.7. The van der Waals surface area contributed by atoms with Crippen LogP contribution in [0.4, 0.5) is 0 Å². The highest BCUT2D eigenvalue weighted by Crippen LogP contribution is 2.34. The van der Waals surface area contributed by atoms with Gasteiger partial charge in [-0.05, 0) is 19.3 Å². The molecule has 0 radical (unpaired) electrons. The molecule has 0 spiro atoms. The monoisotopic (exact) mass is 280 g/mol. The molecular weight excluding hydrogens is 244 g/mol. The molecule has 1 aliphatic rings. The Morgan fingerprint density at radius 1 is 0.700 bits per heavy atom. The Balaban J connectivity index is 1.62. The van der Waals surface area contributed by atoms with E-state index in [1.54, 1.807) is 6.92 Å². The minimum atomic E-state index is 0.349. The number of carbonyl (C=O) groups is 1. The predicted molar refractivity (Wildman–Crippen MR) is 88.0 cm³/mol. The van der Waals surface area contributed by atoms with Crippen LogP contribution < -0.4 is 0 Å². The summed E-state index contributed by atoms with van der Waals surface area (Å²) in [5.41, 5.74) is 0. The summed E-state index contributed by atoms with van der Waals surface area (Å²) in [6.45, 7) is 1.70. The van der Waals surface area contributed by atoms with Gasteiger partial charge in [-0.25, -0.2) is 0 Å². The first-order valence-electron chi connectivity index (χ1n) is 9.28. The summed E-state index contributed by atoms with van der Waals surface area (Å²) in [6, 6.07) is 0. The molecule has 1 aliphatic carbocycles. The molecule has 0 N–H and O–H groups in total. The second kappa shape index (κ2) is 12.4. The van der Waals surface area contributed by atoms with E-state index in [1.807, 2.05) is 0 Å². The summed E-state index contributed by atoms with van der Waals surface area (Å²) in [5.74, 6) is 1.48. The zero-order chi connectivity index (χ0) is 14.5. The van der Waals surface area contributed by atoms with Gasteiger partial charge in [0.25, 0.3) is 0 Å². The van der Waals surface area contributed by atoms with Crippen LogP contribution in [0.3, 0.4) is 0 Å². The van der Waals surface area contributed by atoms with Gasteiger partial charge in [0.1, 0.15) is 5.78 Å². The topological polar surface area (TPSA) is 17.1 Å². The maximum Gasteiger partial charge on any atom is 0.129 e. The molecule has 1 rings (SSSR count). The molecule has 0 bridgehead atoms. The van der Waals surface area contributed by atoms with Gasteiger partial charge >= 0.3 is 0 Å². The quantitative estimate of drug-likeness (QED) is 0.315. The van der Waals surface area contributed by atoms with Crippen molar-refractivity contribution in [2.75, 3.05) is 0 Å². The van der Waals surface area contributed by atoms with E-state index >= 15 is 0 Å². The Morgan fingerprint density at radius 3 is 1.50 bits per heavy atom. The van der Waals surface area contributed by atoms with E-state index < -0.39 is 0 Å². The molecule has 0 heterocycles. The summed E-state index contributed by atoms with van der Waals surface area (Å²) in [7, 11) is 0. The largest absolute Gasteiger partial charge is 0.300 e. The van der Waals surface area contributed by atoms with Gasteiger partial charge in [0.15, 0.2) is 0 Å². The first kappa shape index (κ1) is 17.7. The number of hydrogen-bond donors (Lipinski definition) is 0. The van der Waals surface area contributed by atoms with Gasteiger partial charge in [0.2, 0.25) is 0 Å². The molecule has 1 heteroatoms. The van der Waals surface area contributed by atoms with Crippen molar-refractivity contribution in [3.05, 3.63) is 0 Å². The fraction of sp³-hybridized carbons (Fsp3) is 0.947. The molecular formula is C19H36O. The number of unbranched alkanes of at least 4 members (excludes halogenated alkanes) is 11. The highest BCUT2D eigenvalue weighted by Gasteiger charge is 2.19. The van der Waals surface area contributed by atoms with Crippen LogP contribution in [0.15, 0.2) is 0 Å². The number of hydrogen-bond acceptors (Lipinski definition) is 1. The second-order valence-corrected chi connectivity index (χ2v) is 6.93. The highest BCUT2D eigenvalue weighted by molar-refractivity contribution is 5.75. The van der Waals surface area contributed by atoms with Crippen molar-refractivity contribution < 1.29 is 4.79 Å². The first-order chi connectivity index (χ1) is 9.79. The smallest absolute Gasteiger partial charge is 0.129 e. The van der Waals surface area contributed by atoms with Crippen LogP contribution in [0.25, 0.3) is 0 Å². The Hall–Kier alpha value is -0.330. The summed E-state index contributed by atoms with van der Waals surface area (Å²) in [4.78, 5) is 10.8. The van der Waals surface area contributed by atoms with Gasteiger partial charge in [-0.1, -0.05) is 89.9 Å². The molecule has 0 atom stereocenters. The minimum absolute atomic E-state index is 0.349. The number of rotatable bonds is 15. The second-order valence-electron chi connectivity index (χ2n) is 6.93. The van der Waals surface area contributed by atoms with Crippen LogP contribution in [0, 0.1) is 5.92 Å². The average molecular weight is 280 g/mol. The fourth-order valence-corrected chi connectivity index (χ4v) is 2.98. The molecule has 0 aromatic carbocycles. The molecule has 1 fully saturated rings. The third-order valence-corrected chi connectivity index (χ3v) is 4.59.